The maximum atomic E-state index is 3.88. The monoisotopic (exact) mass is 246 g/mol. The van der Waals surface area contributed by atoms with E-state index in [-0.39, 0.29) is 0 Å². The Bertz CT molecular complexity index is 260. The second-order valence-corrected chi connectivity index (χ2v) is 6.51. The van der Waals surface area contributed by atoms with Crippen LogP contribution in [0.15, 0.2) is 24.8 Å². The Balaban J connectivity index is 1.72. The van der Waals surface area contributed by atoms with Gasteiger partial charge in [0.1, 0.15) is 0 Å². The molecule has 0 saturated heterocycles. The van der Waals surface area contributed by atoms with Gasteiger partial charge in [-0.2, -0.15) is 0 Å². The summed E-state index contributed by atoms with van der Waals surface area (Å²) in [5.74, 6) is 3.95. The lowest BCUT2D eigenvalue weighted by Gasteiger charge is -2.37. The van der Waals surface area contributed by atoms with Crippen LogP contribution in [0.25, 0.3) is 0 Å². The van der Waals surface area contributed by atoms with Crippen molar-refractivity contribution >= 4 is 0 Å². The first-order valence-electron chi connectivity index (χ1n) is 8.07. The van der Waals surface area contributed by atoms with Crippen LogP contribution in [0.1, 0.15) is 64.7 Å². The van der Waals surface area contributed by atoms with Crippen LogP contribution in [-0.4, -0.2) is 0 Å². The van der Waals surface area contributed by atoms with Crippen LogP contribution in [0, 0.1) is 23.7 Å². The highest BCUT2D eigenvalue weighted by molar-refractivity contribution is 4.91. The molecule has 0 aliphatic heterocycles. The van der Waals surface area contributed by atoms with Crippen molar-refractivity contribution < 1.29 is 0 Å². The molecule has 2 aliphatic rings. The van der Waals surface area contributed by atoms with Crippen LogP contribution < -0.4 is 0 Å². The minimum atomic E-state index is 0.892. The first-order valence-corrected chi connectivity index (χ1v) is 8.07. The summed E-state index contributed by atoms with van der Waals surface area (Å²) in [5, 5.41) is 0. The van der Waals surface area contributed by atoms with Crippen LogP contribution >= 0.6 is 0 Å². The van der Waals surface area contributed by atoms with Crippen LogP contribution in [-0.2, 0) is 0 Å². The molecule has 0 N–H and O–H groups in total. The van der Waals surface area contributed by atoms with E-state index in [1.165, 1.54) is 57.8 Å². The van der Waals surface area contributed by atoms with Crippen LogP contribution in [0.2, 0.25) is 0 Å². The molecule has 102 valence electrons. The lowest BCUT2D eigenvalue weighted by atomic mass is 9.69. The number of hydrogen-bond donors (Lipinski definition) is 0. The average molecular weight is 246 g/mol. The molecule has 0 amide bonds. The molecule has 0 aromatic rings. The highest BCUT2D eigenvalue weighted by atomic mass is 14.3. The number of rotatable bonds is 4. The molecule has 0 bridgehead atoms. The van der Waals surface area contributed by atoms with E-state index in [9.17, 15) is 0 Å². The zero-order valence-corrected chi connectivity index (χ0v) is 12.1. The van der Waals surface area contributed by atoms with Crippen LogP contribution in [0.3, 0.4) is 0 Å². The third-order valence-corrected chi connectivity index (χ3v) is 5.34. The first-order chi connectivity index (χ1) is 8.83. The van der Waals surface area contributed by atoms with Crippen molar-refractivity contribution in [2.75, 3.05) is 0 Å². The molecule has 2 fully saturated rings. The Kier molecular flexibility index (Phi) is 5.53. The molecular weight excluding hydrogens is 216 g/mol. The Hall–Kier alpha value is -0.520. The van der Waals surface area contributed by atoms with E-state index < -0.39 is 0 Å². The molecule has 18 heavy (non-hydrogen) atoms. The fourth-order valence-electron chi connectivity index (χ4n) is 4.21. The van der Waals surface area contributed by atoms with Gasteiger partial charge in [-0.1, -0.05) is 18.2 Å². The minimum absolute atomic E-state index is 0.892. The van der Waals surface area contributed by atoms with Crippen molar-refractivity contribution in [3.63, 3.8) is 0 Å². The van der Waals surface area contributed by atoms with E-state index in [4.69, 9.17) is 0 Å². The Labute approximate surface area is 114 Å². The summed E-state index contributed by atoms with van der Waals surface area (Å²) in [6, 6.07) is 0. The molecular formula is C18H30. The zero-order chi connectivity index (χ0) is 12.8. The van der Waals surface area contributed by atoms with Gasteiger partial charge in [-0.25, -0.2) is 0 Å². The fourth-order valence-corrected chi connectivity index (χ4v) is 4.21. The highest BCUT2D eigenvalue weighted by Gasteiger charge is 2.29. The van der Waals surface area contributed by atoms with Gasteiger partial charge in [0.25, 0.3) is 0 Å². The van der Waals surface area contributed by atoms with Crippen molar-refractivity contribution in [3.05, 3.63) is 24.8 Å². The molecule has 0 atom stereocenters. The van der Waals surface area contributed by atoms with Crippen molar-refractivity contribution in [2.24, 2.45) is 23.7 Å². The normalized spacial score (nSPS) is 37.8. The maximum Gasteiger partial charge on any atom is -0.0233 e. The van der Waals surface area contributed by atoms with Gasteiger partial charge in [-0.15, -0.1) is 6.58 Å². The third-order valence-electron chi connectivity index (χ3n) is 5.34. The summed E-state index contributed by atoms with van der Waals surface area (Å²) in [6.45, 7) is 6.04. The molecule has 0 nitrogen and oxygen atoms in total. The first kappa shape index (κ1) is 13.9. The van der Waals surface area contributed by atoms with Gasteiger partial charge >= 0.3 is 0 Å². The SMILES string of the molecule is C=CCC1CCC(C2CCC(/C=C/C)CC2)CC1. The maximum absolute atomic E-state index is 3.88. The molecule has 2 rings (SSSR count). The topological polar surface area (TPSA) is 0 Å². The van der Waals surface area contributed by atoms with Crippen molar-refractivity contribution in [2.45, 2.75) is 64.7 Å². The highest BCUT2D eigenvalue weighted by Crippen LogP contribution is 2.42. The summed E-state index contributed by atoms with van der Waals surface area (Å²) < 4.78 is 0. The van der Waals surface area contributed by atoms with Gasteiger partial charge in [0.2, 0.25) is 0 Å². The molecule has 0 heteroatoms. The van der Waals surface area contributed by atoms with Gasteiger partial charge in [-0.3, -0.25) is 0 Å². The Morgan fingerprint density at radius 3 is 1.94 bits per heavy atom. The number of hydrogen-bond acceptors (Lipinski definition) is 0. The van der Waals surface area contributed by atoms with E-state index in [0.717, 1.165) is 23.7 Å². The van der Waals surface area contributed by atoms with Crippen molar-refractivity contribution in [1.29, 1.82) is 0 Å². The number of allylic oxidation sites excluding steroid dienone is 3. The second-order valence-electron chi connectivity index (χ2n) is 6.51. The van der Waals surface area contributed by atoms with E-state index in [1.807, 2.05) is 0 Å². The Morgan fingerprint density at radius 1 is 0.889 bits per heavy atom. The lowest BCUT2D eigenvalue weighted by Crippen LogP contribution is -2.25. The van der Waals surface area contributed by atoms with Gasteiger partial charge in [0.05, 0.1) is 0 Å². The van der Waals surface area contributed by atoms with Gasteiger partial charge in [-0.05, 0) is 88.4 Å². The van der Waals surface area contributed by atoms with Crippen LogP contribution in [0.5, 0.6) is 0 Å². The summed E-state index contributed by atoms with van der Waals surface area (Å²) in [7, 11) is 0. The zero-order valence-electron chi connectivity index (χ0n) is 12.1. The predicted molar refractivity (Wildman–Crippen MR) is 80.5 cm³/mol. The molecule has 0 aromatic carbocycles. The molecule has 0 aromatic heterocycles. The molecule has 2 aliphatic carbocycles. The van der Waals surface area contributed by atoms with E-state index in [2.05, 4.69) is 31.7 Å². The quantitative estimate of drug-likeness (QED) is 0.554. The third kappa shape index (κ3) is 3.73. The van der Waals surface area contributed by atoms with Gasteiger partial charge < -0.3 is 0 Å². The summed E-state index contributed by atoms with van der Waals surface area (Å²) in [6.07, 6.45) is 19.8. The van der Waals surface area contributed by atoms with E-state index in [0.29, 0.717) is 0 Å². The fraction of sp³-hybridized carbons (Fsp3) is 0.778. The van der Waals surface area contributed by atoms with Crippen LogP contribution in [0.4, 0.5) is 0 Å². The molecule has 0 spiro atoms. The standard InChI is InChI=1S/C18H30/c1-3-5-15-7-11-17(12-8-15)18-13-9-16(6-4-2)10-14-18/h3-4,6,15-18H,1,5,7-14H2,2H3/b6-4+. The van der Waals surface area contributed by atoms with E-state index >= 15 is 0 Å². The summed E-state index contributed by atoms with van der Waals surface area (Å²) in [5.41, 5.74) is 0. The van der Waals surface area contributed by atoms with Gasteiger partial charge in [0, 0.05) is 0 Å². The average Bonchev–Trinajstić information content (AvgIpc) is 2.41. The minimum Gasteiger partial charge on any atom is -0.103 e. The van der Waals surface area contributed by atoms with Crippen molar-refractivity contribution in [1.82, 2.24) is 0 Å². The van der Waals surface area contributed by atoms with Gasteiger partial charge in [0.15, 0.2) is 0 Å². The summed E-state index contributed by atoms with van der Waals surface area (Å²) >= 11 is 0. The largest absolute Gasteiger partial charge is 0.103 e. The molecule has 2 saturated carbocycles. The summed E-state index contributed by atoms with van der Waals surface area (Å²) in [4.78, 5) is 0. The molecule has 0 heterocycles. The van der Waals surface area contributed by atoms with E-state index in [1.54, 1.807) is 0 Å². The second kappa shape index (κ2) is 7.16. The molecule has 0 unspecified atom stereocenters. The molecule has 0 radical (unpaired) electrons. The smallest absolute Gasteiger partial charge is 0.0233 e. The predicted octanol–water partition coefficient (Wildman–Crippen LogP) is 5.75. The Morgan fingerprint density at radius 2 is 1.44 bits per heavy atom. The lowest BCUT2D eigenvalue weighted by molar-refractivity contribution is 0.156. The van der Waals surface area contributed by atoms with Crippen molar-refractivity contribution in [3.8, 4) is 0 Å².